The highest BCUT2D eigenvalue weighted by molar-refractivity contribution is 6.30. The molecule has 6 heteroatoms. The zero-order chi connectivity index (χ0) is 16.2. The van der Waals surface area contributed by atoms with E-state index in [0.717, 1.165) is 48.9 Å². The van der Waals surface area contributed by atoms with E-state index in [4.69, 9.17) is 11.6 Å². The molecule has 3 rings (SSSR count). The highest BCUT2D eigenvalue weighted by atomic mass is 35.5. The Hall–Kier alpha value is -1.72. The minimum Gasteiger partial charge on any atom is -0.350 e. The molecule has 1 fully saturated rings. The van der Waals surface area contributed by atoms with Gasteiger partial charge in [-0.25, -0.2) is 4.98 Å². The third-order valence-electron chi connectivity index (χ3n) is 4.33. The highest BCUT2D eigenvalue weighted by Crippen LogP contribution is 2.17. The Kier molecular flexibility index (Phi) is 5.08. The number of benzene rings is 1. The zero-order valence-electron chi connectivity index (χ0n) is 13.6. The molecule has 0 bridgehead atoms. The van der Waals surface area contributed by atoms with Crippen molar-refractivity contribution in [2.45, 2.75) is 39.3 Å². The van der Waals surface area contributed by atoms with Crippen molar-refractivity contribution in [2.24, 2.45) is 0 Å². The molecule has 5 nitrogen and oxygen atoms in total. The molecule has 1 aromatic heterocycles. The molecule has 0 atom stereocenters. The normalized spacial score (nSPS) is 16.5. The van der Waals surface area contributed by atoms with Crippen LogP contribution in [-0.2, 0) is 6.54 Å². The Morgan fingerprint density at radius 2 is 1.78 bits per heavy atom. The molecule has 2 heterocycles. The molecule has 0 unspecified atom stereocenters. The Labute approximate surface area is 142 Å². The molecule has 0 saturated carbocycles. The number of likely N-dealkylation sites (tertiary alicyclic amines) is 1. The quantitative estimate of drug-likeness (QED) is 0.932. The molecule has 0 spiro atoms. The molecular weight excluding hydrogens is 310 g/mol. The monoisotopic (exact) mass is 331 g/mol. The van der Waals surface area contributed by atoms with E-state index in [2.05, 4.69) is 37.5 Å². The summed E-state index contributed by atoms with van der Waals surface area (Å²) in [4.78, 5) is 6.92. The Bertz CT molecular complexity index is 651. The molecule has 1 saturated heterocycles. The lowest BCUT2D eigenvalue weighted by Crippen LogP contribution is -2.39. The van der Waals surface area contributed by atoms with Crippen LogP contribution in [0.3, 0.4) is 0 Å². The fourth-order valence-corrected chi connectivity index (χ4v) is 2.91. The number of anilines is 1. The summed E-state index contributed by atoms with van der Waals surface area (Å²) in [6, 6.07) is 8.52. The van der Waals surface area contributed by atoms with Gasteiger partial charge in [0, 0.05) is 30.7 Å². The van der Waals surface area contributed by atoms with Gasteiger partial charge >= 0.3 is 0 Å². The summed E-state index contributed by atoms with van der Waals surface area (Å²) < 4.78 is 0. The van der Waals surface area contributed by atoms with E-state index >= 15 is 0 Å². The molecule has 1 N–H and O–H groups in total. The summed E-state index contributed by atoms with van der Waals surface area (Å²) in [5.41, 5.74) is 3.12. The van der Waals surface area contributed by atoms with Gasteiger partial charge < -0.3 is 5.32 Å². The summed E-state index contributed by atoms with van der Waals surface area (Å²) in [5, 5.41) is 12.5. The predicted molar refractivity (Wildman–Crippen MR) is 92.7 cm³/mol. The predicted octanol–water partition coefficient (Wildman–Crippen LogP) is 3.22. The van der Waals surface area contributed by atoms with Gasteiger partial charge in [-0.15, -0.1) is 5.10 Å². The van der Waals surface area contributed by atoms with Gasteiger partial charge in [-0.3, -0.25) is 4.90 Å². The number of halogens is 1. The Morgan fingerprint density at radius 3 is 2.43 bits per heavy atom. The van der Waals surface area contributed by atoms with E-state index in [1.54, 1.807) is 0 Å². The molecule has 1 aliphatic heterocycles. The first-order chi connectivity index (χ1) is 11.1. The minimum absolute atomic E-state index is 0.417. The standard InChI is InChI=1S/C17H22ClN5/c1-12-13(2)21-22-17(19-12)20-16-7-9-23(10-8-16)11-14-3-5-15(18)6-4-14/h3-6,16H,7-11H2,1-2H3,(H,19,20,22). The van der Waals surface area contributed by atoms with Crippen LogP contribution >= 0.6 is 11.6 Å². The SMILES string of the molecule is Cc1nnc(NC2CCN(Cc3ccc(Cl)cc3)CC2)nc1C. The number of nitrogens with one attached hydrogen (secondary N) is 1. The fraction of sp³-hybridized carbons (Fsp3) is 0.471. The average molecular weight is 332 g/mol. The van der Waals surface area contributed by atoms with Gasteiger partial charge in [0.25, 0.3) is 0 Å². The van der Waals surface area contributed by atoms with Crippen LogP contribution in [0.4, 0.5) is 5.95 Å². The lowest BCUT2D eigenvalue weighted by atomic mass is 10.0. The van der Waals surface area contributed by atoms with Gasteiger partial charge in [0.2, 0.25) is 5.95 Å². The Morgan fingerprint density at radius 1 is 1.09 bits per heavy atom. The van der Waals surface area contributed by atoms with Crippen molar-refractivity contribution in [3.8, 4) is 0 Å². The van der Waals surface area contributed by atoms with Crippen molar-refractivity contribution in [3.63, 3.8) is 0 Å². The maximum absolute atomic E-state index is 5.93. The molecule has 1 aliphatic rings. The van der Waals surface area contributed by atoms with Crippen molar-refractivity contribution in [2.75, 3.05) is 18.4 Å². The minimum atomic E-state index is 0.417. The lowest BCUT2D eigenvalue weighted by molar-refractivity contribution is 0.211. The van der Waals surface area contributed by atoms with Gasteiger partial charge in [-0.05, 0) is 44.4 Å². The van der Waals surface area contributed by atoms with Crippen LogP contribution < -0.4 is 5.32 Å². The number of hydrogen-bond donors (Lipinski definition) is 1. The van der Waals surface area contributed by atoms with Crippen LogP contribution in [0.25, 0.3) is 0 Å². The van der Waals surface area contributed by atoms with Crippen molar-refractivity contribution in [3.05, 3.63) is 46.2 Å². The van der Waals surface area contributed by atoms with Crippen molar-refractivity contribution >= 4 is 17.5 Å². The molecule has 1 aromatic carbocycles. The van der Waals surface area contributed by atoms with E-state index in [1.807, 2.05) is 26.0 Å². The van der Waals surface area contributed by atoms with Gasteiger partial charge in [-0.2, -0.15) is 5.10 Å². The fourth-order valence-electron chi connectivity index (χ4n) is 2.78. The largest absolute Gasteiger partial charge is 0.350 e. The third-order valence-corrected chi connectivity index (χ3v) is 4.58. The molecule has 0 amide bonds. The van der Waals surface area contributed by atoms with E-state index in [-0.39, 0.29) is 0 Å². The summed E-state index contributed by atoms with van der Waals surface area (Å²) in [6.45, 7) is 7.00. The second-order valence-corrected chi connectivity index (χ2v) is 6.56. The number of aryl methyl sites for hydroxylation is 2. The first-order valence-corrected chi connectivity index (χ1v) is 8.39. The number of piperidine rings is 1. The number of aromatic nitrogens is 3. The van der Waals surface area contributed by atoms with Gasteiger partial charge in [-0.1, -0.05) is 23.7 Å². The van der Waals surface area contributed by atoms with Crippen LogP contribution in [0.1, 0.15) is 29.8 Å². The summed E-state index contributed by atoms with van der Waals surface area (Å²) in [7, 11) is 0. The summed E-state index contributed by atoms with van der Waals surface area (Å²) in [5.74, 6) is 0.643. The second kappa shape index (κ2) is 7.23. The summed E-state index contributed by atoms with van der Waals surface area (Å²) >= 11 is 5.93. The van der Waals surface area contributed by atoms with E-state index in [9.17, 15) is 0 Å². The smallest absolute Gasteiger partial charge is 0.243 e. The van der Waals surface area contributed by atoms with Gasteiger partial charge in [0.1, 0.15) is 0 Å². The third kappa shape index (κ3) is 4.39. The van der Waals surface area contributed by atoms with E-state index in [1.165, 1.54) is 5.56 Å². The maximum Gasteiger partial charge on any atom is 0.243 e. The van der Waals surface area contributed by atoms with Crippen LogP contribution in [0.15, 0.2) is 24.3 Å². The lowest BCUT2D eigenvalue weighted by Gasteiger charge is -2.32. The van der Waals surface area contributed by atoms with Crippen molar-refractivity contribution in [1.82, 2.24) is 20.1 Å². The Balaban J connectivity index is 1.50. The number of hydrogen-bond acceptors (Lipinski definition) is 5. The van der Waals surface area contributed by atoms with Crippen LogP contribution in [0.2, 0.25) is 5.02 Å². The first kappa shape index (κ1) is 16.1. The molecule has 122 valence electrons. The summed E-state index contributed by atoms with van der Waals surface area (Å²) in [6.07, 6.45) is 2.17. The molecular formula is C17H22ClN5. The van der Waals surface area contributed by atoms with Crippen LogP contribution in [0, 0.1) is 13.8 Å². The molecule has 2 aromatic rings. The maximum atomic E-state index is 5.93. The van der Waals surface area contributed by atoms with Gasteiger partial charge in [0.05, 0.1) is 11.4 Å². The molecule has 0 radical (unpaired) electrons. The van der Waals surface area contributed by atoms with E-state index < -0.39 is 0 Å². The molecule has 23 heavy (non-hydrogen) atoms. The topological polar surface area (TPSA) is 53.9 Å². The number of nitrogens with zero attached hydrogens (tertiary/aromatic N) is 4. The first-order valence-electron chi connectivity index (χ1n) is 8.01. The average Bonchev–Trinajstić information content (AvgIpc) is 2.55. The second-order valence-electron chi connectivity index (χ2n) is 6.13. The number of rotatable bonds is 4. The van der Waals surface area contributed by atoms with Crippen molar-refractivity contribution in [1.29, 1.82) is 0 Å². The zero-order valence-corrected chi connectivity index (χ0v) is 14.3. The van der Waals surface area contributed by atoms with Crippen LogP contribution in [-0.4, -0.2) is 39.2 Å². The van der Waals surface area contributed by atoms with E-state index in [0.29, 0.717) is 12.0 Å². The van der Waals surface area contributed by atoms with Crippen molar-refractivity contribution < 1.29 is 0 Å². The highest BCUT2D eigenvalue weighted by Gasteiger charge is 2.20. The van der Waals surface area contributed by atoms with Crippen LogP contribution in [0.5, 0.6) is 0 Å². The van der Waals surface area contributed by atoms with Gasteiger partial charge in [0.15, 0.2) is 0 Å². The molecule has 0 aliphatic carbocycles.